The van der Waals surface area contributed by atoms with Crippen LogP contribution in [0.3, 0.4) is 0 Å². The minimum absolute atomic E-state index is 0. The number of likely N-dealkylation sites (tertiary alicyclic amines) is 1. The molecule has 1 rings (SSSR count). The Kier molecular flexibility index (Phi) is 6.21. The molecule has 11 heavy (non-hydrogen) atoms. The van der Waals surface area contributed by atoms with Crippen molar-refractivity contribution in [2.45, 2.75) is 32.7 Å². The van der Waals surface area contributed by atoms with Crippen molar-refractivity contribution in [1.29, 1.82) is 0 Å². The molecule has 1 aliphatic rings. The normalized spacial score (nSPS) is 21.8. The van der Waals surface area contributed by atoms with Crippen LogP contribution in [0.15, 0.2) is 0 Å². The van der Waals surface area contributed by atoms with Gasteiger partial charge in [0.1, 0.15) is 0 Å². The molecule has 1 fully saturated rings. The Hall–Kier alpha value is 1.06. The van der Waals surface area contributed by atoms with Crippen LogP contribution in [-0.4, -0.2) is 17.5 Å². The second-order valence-electron chi connectivity index (χ2n) is 3.37. The van der Waals surface area contributed by atoms with Gasteiger partial charge in [-0.2, -0.15) is 6.42 Å². The van der Waals surface area contributed by atoms with E-state index >= 15 is 0 Å². The Morgan fingerprint density at radius 3 is 2.45 bits per heavy atom. The van der Waals surface area contributed by atoms with E-state index in [4.69, 9.17) is 0 Å². The number of rotatable bonds is 2. The van der Waals surface area contributed by atoms with E-state index in [0.29, 0.717) is 12.0 Å². The molecule has 1 nitrogen and oxygen atoms in total. The molecule has 0 spiro atoms. The van der Waals surface area contributed by atoms with Gasteiger partial charge in [0.15, 0.2) is 0 Å². The van der Waals surface area contributed by atoms with Gasteiger partial charge < -0.3 is 11.8 Å². The van der Waals surface area contributed by atoms with Crippen LogP contribution in [0.1, 0.15) is 26.7 Å². The van der Waals surface area contributed by atoms with E-state index in [1.165, 1.54) is 19.4 Å². The summed E-state index contributed by atoms with van der Waals surface area (Å²) in [7, 11) is 0. The van der Waals surface area contributed by atoms with Crippen LogP contribution in [0.4, 0.5) is 0 Å². The van der Waals surface area contributed by atoms with Gasteiger partial charge in [-0.1, -0.05) is 26.2 Å². The maximum Gasteiger partial charge on any atom is 0 e. The van der Waals surface area contributed by atoms with Crippen molar-refractivity contribution in [3.05, 3.63) is 13.5 Å². The third kappa shape index (κ3) is 3.52. The molecular formula is C9H17NY-2. The average molecular weight is 228 g/mol. The molecule has 0 bridgehead atoms. The Bertz CT molecular complexity index is 97.7. The van der Waals surface area contributed by atoms with Crippen molar-refractivity contribution in [2.75, 3.05) is 6.54 Å². The molecule has 0 aromatic carbocycles. The first-order valence-electron chi connectivity index (χ1n) is 4.14. The van der Waals surface area contributed by atoms with Gasteiger partial charge in [0.05, 0.1) is 0 Å². The molecule has 1 heterocycles. The first-order chi connectivity index (χ1) is 4.72. The van der Waals surface area contributed by atoms with Crippen LogP contribution in [-0.2, 0) is 32.7 Å². The molecule has 1 aliphatic heterocycles. The molecule has 0 N–H and O–H groups in total. The first kappa shape index (κ1) is 12.1. The zero-order valence-corrected chi connectivity index (χ0v) is 10.4. The van der Waals surface area contributed by atoms with E-state index in [1.807, 2.05) is 0 Å². The van der Waals surface area contributed by atoms with E-state index < -0.39 is 0 Å². The van der Waals surface area contributed by atoms with Crippen molar-refractivity contribution < 1.29 is 32.7 Å². The summed E-state index contributed by atoms with van der Waals surface area (Å²) in [5, 5.41) is 0. The average Bonchev–Trinajstić information content (AvgIpc) is 2.36. The fourth-order valence-electron chi connectivity index (χ4n) is 1.31. The zero-order valence-electron chi connectivity index (χ0n) is 7.59. The summed E-state index contributed by atoms with van der Waals surface area (Å²) >= 11 is 0. The molecule has 2 heteroatoms. The predicted molar refractivity (Wildman–Crippen MR) is 44.2 cm³/mol. The third-order valence-electron chi connectivity index (χ3n) is 2.18. The second kappa shape index (κ2) is 5.67. The number of nitrogens with zero attached hydrogens (tertiary/aromatic N) is 1. The fraction of sp³-hybridized carbons (Fsp3) is 0.778. The van der Waals surface area contributed by atoms with Gasteiger partial charge in [-0.05, 0) is 6.54 Å². The van der Waals surface area contributed by atoms with Crippen LogP contribution in [0.2, 0.25) is 0 Å². The van der Waals surface area contributed by atoms with Crippen LogP contribution in [0.25, 0.3) is 0 Å². The van der Waals surface area contributed by atoms with Crippen molar-refractivity contribution >= 4 is 0 Å². The molecule has 0 saturated carbocycles. The van der Waals surface area contributed by atoms with Crippen LogP contribution in [0.5, 0.6) is 0 Å². The van der Waals surface area contributed by atoms with Gasteiger partial charge in [-0.15, -0.1) is 6.04 Å². The molecular weight excluding hydrogens is 211 g/mol. The van der Waals surface area contributed by atoms with E-state index in [-0.39, 0.29) is 32.7 Å². The van der Waals surface area contributed by atoms with Crippen molar-refractivity contribution in [3.63, 3.8) is 0 Å². The Labute approximate surface area is 95.8 Å². The molecule has 0 aromatic rings. The Morgan fingerprint density at radius 1 is 1.45 bits per heavy atom. The summed E-state index contributed by atoms with van der Waals surface area (Å²) in [6.45, 7) is 12.1. The van der Waals surface area contributed by atoms with Crippen LogP contribution >= 0.6 is 0 Å². The first-order valence-corrected chi connectivity index (χ1v) is 4.14. The predicted octanol–water partition coefficient (Wildman–Crippen LogP) is 2.10. The van der Waals surface area contributed by atoms with E-state index in [9.17, 15) is 0 Å². The number of hydrogen-bond acceptors (Lipinski definition) is 1. The van der Waals surface area contributed by atoms with Gasteiger partial charge in [0, 0.05) is 32.7 Å². The Morgan fingerprint density at radius 2 is 2.09 bits per heavy atom. The summed E-state index contributed by atoms with van der Waals surface area (Å²) in [6.07, 6.45) is 2.57. The van der Waals surface area contributed by atoms with Crippen molar-refractivity contribution in [1.82, 2.24) is 4.90 Å². The van der Waals surface area contributed by atoms with Gasteiger partial charge in [0.2, 0.25) is 0 Å². The summed E-state index contributed by atoms with van der Waals surface area (Å²) in [6, 6.07) is 0.488. The summed E-state index contributed by atoms with van der Waals surface area (Å²) in [5.41, 5.74) is 0. The number of hydrogen-bond donors (Lipinski definition) is 0. The fourth-order valence-corrected chi connectivity index (χ4v) is 1.31. The summed E-state index contributed by atoms with van der Waals surface area (Å²) in [4.78, 5) is 2.37. The SMILES string of the molecule is [CH2-]C(C(C)C)N1[CH-]CCC1.[Y]. The van der Waals surface area contributed by atoms with Crippen LogP contribution < -0.4 is 0 Å². The largest absolute Gasteiger partial charge is 0.479 e. The topological polar surface area (TPSA) is 3.24 Å². The van der Waals surface area contributed by atoms with Gasteiger partial charge >= 0.3 is 0 Å². The molecule has 1 saturated heterocycles. The maximum absolute atomic E-state index is 4.11. The van der Waals surface area contributed by atoms with Gasteiger partial charge in [0.25, 0.3) is 0 Å². The maximum atomic E-state index is 4.11. The Balaban J connectivity index is 0.000001000. The van der Waals surface area contributed by atoms with Gasteiger partial charge in [-0.3, -0.25) is 6.54 Å². The molecule has 1 radical (unpaired) electrons. The van der Waals surface area contributed by atoms with Crippen molar-refractivity contribution in [3.8, 4) is 0 Å². The quantitative estimate of drug-likeness (QED) is 0.654. The third-order valence-corrected chi connectivity index (χ3v) is 2.18. The summed E-state index contributed by atoms with van der Waals surface area (Å²) in [5.74, 6) is 0.675. The monoisotopic (exact) mass is 228 g/mol. The molecule has 1 atom stereocenters. The molecule has 0 amide bonds. The van der Waals surface area contributed by atoms with Crippen molar-refractivity contribution in [2.24, 2.45) is 5.92 Å². The molecule has 1 unspecified atom stereocenters. The van der Waals surface area contributed by atoms with E-state index in [1.54, 1.807) is 0 Å². The zero-order chi connectivity index (χ0) is 7.56. The minimum Gasteiger partial charge on any atom is -0.479 e. The smallest absolute Gasteiger partial charge is 0 e. The molecule has 63 valence electrons. The van der Waals surface area contributed by atoms with Crippen LogP contribution in [0, 0.1) is 19.4 Å². The van der Waals surface area contributed by atoms with E-state index in [2.05, 4.69) is 32.2 Å². The molecule has 0 aliphatic carbocycles. The van der Waals surface area contributed by atoms with E-state index in [0.717, 1.165) is 0 Å². The molecule has 0 aromatic heterocycles. The van der Waals surface area contributed by atoms with Gasteiger partial charge in [-0.25, -0.2) is 0 Å². The second-order valence-corrected chi connectivity index (χ2v) is 3.37. The summed E-state index contributed by atoms with van der Waals surface area (Å²) < 4.78 is 0. The standard InChI is InChI=1S/C9H17N.Y/c1-8(2)9(3)10-6-4-5-7-10;/h6,8-9H,3-5,7H2,1-2H3;/q-2;. The minimum atomic E-state index is 0.